The Hall–Kier alpha value is -2.09. The Balaban J connectivity index is 1.45. The lowest BCUT2D eigenvalue weighted by molar-refractivity contribution is -0.139. The van der Waals surface area contributed by atoms with Gasteiger partial charge < -0.3 is 15.5 Å². The zero-order valence-electron chi connectivity index (χ0n) is 14.1. The average molecular weight is 364 g/mol. The molecule has 2 aliphatic rings. The zero-order chi connectivity index (χ0) is 17.8. The number of likely N-dealkylation sites (tertiary alicyclic amines) is 2. The number of carbonyl (C=O) groups is 3. The van der Waals surface area contributed by atoms with Crippen LogP contribution in [0.3, 0.4) is 0 Å². The summed E-state index contributed by atoms with van der Waals surface area (Å²) in [5.41, 5.74) is 5.34. The Kier molecular flexibility index (Phi) is 5.57. The van der Waals surface area contributed by atoms with Crippen LogP contribution in [0.2, 0.25) is 0 Å². The summed E-state index contributed by atoms with van der Waals surface area (Å²) in [6.45, 7) is 2.38. The molecule has 3 N–H and O–H groups in total. The summed E-state index contributed by atoms with van der Waals surface area (Å²) in [5.74, 6) is -0.249. The number of hydrogen-bond acceptors (Lipinski definition) is 4. The van der Waals surface area contributed by atoms with E-state index in [1.807, 2.05) is 22.4 Å². The van der Waals surface area contributed by atoms with Crippen molar-refractivity contribution in [2.45, 2.75) is 25.7 Å². The predicted molar refractivity (Wildman–Crippen MR) is 96.1 cm³/mol. The highest BCUT2D eigenvalue weighted by Crippen LogP contribution is 2.24. The van der Waals surface area contributed by atoms with E-state index in [9.17, 15) is 14.4 Å². The Morgan fingerprint density at radius 1 is 1.00 bits per heavy atom. The van der Waals surface area contributed by atoms with Crippen molar-refractivity contribution in [1.29, 1.82) is 0 Å². The van der Waals surface area contributed by atoms with Crippen LogP contribution in [0.5, 0.6) is 0 Å². The SMILES string of the molecule is NC(=O)C1CCN(C(=O)C2CCN(C(=O)Nc3cccs3)CC2)CC1. The van der Waals surface area contributed by atoms with Gasteiger partial charge in [-0.2, -0.15) is 0 Å². The quantitative estimate of drug-likeness (QED) is 0.855. The van der Waals surface area contributed by atoms with Crippen LogP contribution in [-0.2, 0) is 9.59 Å². The molecular formula is C17H24N4O3S. The highest BCUT2D eigenvalue weighted by molar-refractivity contribution is 7.14. The van der Waals surface area contributed by atoms with E-state index in [1.165, 1.54) is 11.3 Å². The van der Waals surface area contributed by atoms with Crippen molar-refractivity contribution in [2.75, 3.05) is 31.5 Å². The molecule has 0 bridgehead atoms. The van der Waals surface area contributed by atoms with E-state index >= 15 is 0 Å². The summed E-state index contributed by atoms with van der Waals surface area (Å²) in [5, 5.41) is 5.63. The summed E-state index contributed by atoms with van der Waals surface area (Å²) >= 11 is 1.49. The molecule has 1 aromatic rings. The van der Waals surface area contributed by atoms with E-state index < -0.39 is 0 Å². The first-order valence-electron chi connectivity index (χ1n) is 8.72. The third-order valence-corrected chi connectivity index (χ3v) is 5.88. The van der Waals surface area contributed by atoms with Crippen molar-refractivity contribution in [3.05, 3.63) is 17.5 Å². The first-order chi connectivity index (χ1) is 12.0. The zero-order valence-corrected chi connectivity index (χ0v) is 15.0. The second kappa shape index (κ2) is 7.86. The van der Waals surface area contributed by atoms with Crippen LogP contribution < -0.4 is 11.1 Å². The Morgan fingerprint density at radius 2 is 1.60 bits per heavy atom. The minimum absolute atomic E-state index is 0.0316. The summed E-state index contributed by atoms with van der Waals surface area (Å²) < 4.78 is 0. The number of nitrogens with two attached hydrogens (primary N) is 1. The van der Waals surface area contributed by atoms with Gasteiger partial charge in [-0.05, 0) is 43.2 Å². The fraction of sp³-hybridized carbons (Fsp3) is 0.588. The minimum Gasteiger partial charge on any atom is -0.369 e. The number of nitrogens with one attached hydrogen (secondary N) is 1. The van der Waals surface area contributed by atoms with Crippen molar-refractivity contribution in [2.24, 2.45) is 17.6 Å². The van der Waals surface area contributed by atoms with Gasteiger partial charge in [0.25, 0.3) is 0 Å². The van der Waals surface area contributed by atoms with Crippen LogP contribution in [0.25, 0.3) is 0 Å². The lowest BCUT2D eigenvalue weighted by Crippen LogP contribution is -2.48. The van der Waals surface area contributed by atoms with Gasteiger partial charge >= 0.3 is 6.03 Å². The van der Waals surface area contributed by atoms with E-state index in [-0.39, 0.29) is 29.7 Å². The first-order valence-corrected chi connectivity index (χ1v) is 9.60. The van der Waals surface area contributed by atoms with Crippen LogP contribution in [0.15, 0.2) is 17.5 Å². The third kappa shape index (κ3) is 4.31. The van der Waals surface area contributed by atoms with Gasteiger partial charge in [0.05, 0.1) is 5.00 Å². The molecule has 0 unspecified atom stereocenters. The van der Waals surface area contributed by atoms with Gasteiger partial charge in [-0.1, -0.05) is 0 Å². The number of rotatable bonds is 3. The maximum Gasteiger partial charge on any atom is 0.322 e. The largest absolute Gasteiger partial charge is 0.369 e. The molecule has 0 radical (unpaired) electrons. The lowest BCUT2D eigenvalue weighted by Gasteiger charge is -2.36. The Bertz CT molecular complexity index is 618. The normalized spacial score (nSPS) is 19.7. The molecule has 0 aromatic carbocycles. The number of piperidine rings is 2. The van der Waals surface area contributed by atoms with Gasteiger partial charge in [0.1, 0.15) is 0 Å². The van der Waals surface area contributed by atoms with Crippen LogP contribution in [0.4, 0.5) is 9.80 Å². The maximum absolute atomic E-state index is 12.7. The van der Waals surface area contributed by atoms with E-state index in [1.54, 1.807) is 4.90 Å². The smallest absolute Gasteiger partial charge is 0.322 e. The van der Waals surface area contributed by atoms with Crippen molar-refractivity contribution >= 4 is 34.2 Å². The van der Waals surface area contributed by atoms with Crippen molar-refractivity contribution in [3.8, 4) is 0 Å². The number of primary amides is 1. The van der Waals surface area contributed by atoms with Gasteiger partial charge in [-0.3, -0.25) is 14.9 Å². The predicted octanol–water partition coefficient (Wildman–Crippen LogP) is 1.72. The van der Waals surface area contributed by atoms with Crippen molar-refractivity contribution < 1.29 is 14.4 Å². The fourth-order valence-electron chi connectivity index (χ4n) is 3.51. The number of urea groups is 1. The molecule has 1 aromatic heterocycles. The Labute approximate surface area is 151 Å². The molecule has 2 fully saturated rings. The molecule has 0 saturated carbocycles. The molecular weight excluding hydrogens is 340 g/mol. The Morgan fingerprint density at radius 3 is 2.16 bits per heavy atom. The van der Waals surface area contributed by atoms with Crippen LogP contribution >= 0.6 is 11.3 Å². The topological polar surface area (TPSA) is 95.7 Å². The molecule has 4 amide bonds. The molecule has 136 valence electrons. The number of anilines is 1. The first kappa shape index (κ1) is 17.7. The van der Waals surface area contributed by atoms with E-state index in [0.717, 1.165) is 5.00 Å². The standard InChI is InChI=1S/C17H24N4O3S/c18-15(22)12-3-7-20(8-4-12)16(23)13-5-9-21(10-6-13)17(24)19-14-2-1-11-25-14/h1-2,11-13H,3-10H2,(H2,18,22)(H,19,24). The highest BCUT2D eigenvalue weighted by atomic mass is 32.1. The second-order valence-electron chi connectivity index (χ2n) is 6.67. The fourth-order valence-corrected chi connectivity index (χ4v) is 4.11. The van der Waals surface area contributed by atoms with Gasteiger partial charge in [-0.15, -0.1) is 11.3 Å². The number of amides is 4. The van der Waals surface area contributed by atoms with Crippen molar-refractivity contribution in [3.63, 3.8) is 0 Å². The summed E-state index contributed by atoms with van der Waals surface area (Å²) in [6, 6.07) is 3.66. The number of carbonyl (C=O) groups excluding carboxylic acids is 3. The number of hydrogen-bond donors (Lipinski definition) is 2. The number of thiophene rings is 1. The minimum atomic E-state index is -0.267. The van der Waals surface area contributed by atoms with E-state index in [2.05, 4.69) is 5.32 Å². The molecule has 2 saturated heterocycles. The number of nitrogens with zero attached hydrogens (tertiary/aromatic N) is 2. The van der Waals surface area contributed by atoms with Crippen LogP contribution in [-0.4, -0.2) is 53.8 Å². The molecule has 3 heterocycles. The van der Waals surface area contributed by atoms with Crippen LogP contribution in [0.1, 0.15) is 25.7 Å². The molecule has 25 heavy (non-hydrogen) atoms. The molecule has 3 rings (SSSR count). The summed E-state index contributed by atoms with van der Waals surface area (Å²) in [7, 11) is 0. The molecule has 0 spiro atoms. The lowest BCUT2D eigenvalue weighted by atomic mass is 9.92. The average Bonchev–Trinajstić information content (AvgIpc) is 3.14. The second-order valence-corrected chi connectivity index (χ2v) is 7.62. The molecule has 8 heteroatoms. The molecule has 7 nitrogen and oxygen atoms in total. The maximum atomic E-state index is 12.7. The van der Waals surface area contributed by atoms with Crippen LogP contribution in [0, 0.1) is 11.8 Å². The summed E-state index contributed by atoms with van der Waals surface area (Å²) in [4.78, 5) is 39.7. The molecule has 0 aliphatic carbocycles. The van der Waals surface area contributed by atoms with Gasteiger partial charge in [-0.25, -0.2) is 4.79 Å². The molecule has 0 atom stereocenters. The van der Waals surface area contributed by atoms with Gasteiger partial charge in [0, 0.05) is 38.0 Å². The van der Waals surface area contributed by atoms with Crippen molar-refractivity contribution in [1.82, 2.24) is 9.80 Å². The molecule has 2 aliphatic heterocycles. The van der Waals surface area contributed by atoms with Gasteiger partial charge in [0.2, 0.25) is 11.8 Å². The van der Waals surface area contributed by atoms with E-state index in [0.29, 0.717) is 51.9 Å². The monoisotopic (exact) mass is 364 g/mol. The third-order valence-electron chi connectivity index (χ3n) is 5.09. The summed E-state index contributed by atoms with van der Waals surface area (Å²) in [6.07, 6.45) is 2.69. The van der Waals surface area contributed by atoms with Gasteiger partial charge in [0.15, 0.2) is 0 Å². The van der Waals surface area contributed by atoms with E-state index in [4.69, 9.17) is 5.73 Å². The highest BCUT2D eigenvalue weighted by Gasteiger charge is 2.33.